The van der Waals surface area contributed by atoms with Crippen LogP contribution in [0.5, 0.6) is 0 Å². The summed E-state index contributed by atoms with van der Waals surface area (Å²) in [6.07, 6.45) is 3.15. The molecule has 1 aliphatic rings. The molecule has 1 aromatic carbocycles. The van der Waals surface area contributed by atoms with Crippen molar-refractivity contribution in [2.45, 2.75) is 31.7 Å². The number of nitriles is 1. The van der Waals surface area contributed by atoms with Crippen LogP contribution in [0.2, 0.25) is 0 Å². The highest BCUT2D eigenvalue weighted by atomic mass is 16.5. The number of ketones is 1. The molecule has 7 nitrogen and oxygen atoms in total. The van der Waals surface area contributed by atoms with E-state index in [0.717, 1.165) is 25.7 Å². The molecular formula is C17H19N3O4. The van der Waals surface area contributed by atoms with Crippen LogP contribution in [0.25, 0.3) is 0 Å². The van der Waals surface area contributed by atoms with E-state index in [1.54, 1.807) is 18.2 Å². The molecule has 0 bridgehead atoms. The Bertz CT molecular complexity index is 675. The van der Waals surface area contributed by atoms with Crippen LogP contribution in [-0.4, -0.2) is 30.9 Å². The Morgan fingerprint density at radius 2 is 2.00 bits per heavy atom. The number of ether oxygens (including phenoxy) is 1. The van der Waals surface area contributed by atoms with Gasteiger partial charge in [-0.15, -0.1) is 0 Å². The fourth-order valence-corrected chi connectivity index (χ4v) is 2.68. The Morgan fingerprint density at radius 3 is 2.62 bits per heavy atom. The van der Waals surface area contributed by atoms with E-state index < -0.39 is 23.7 Å². The summed E-state index contributed by atoms with van der Waals surface area (Å²) in [4.78, 5) is 35.9. The first-order valence-electron chi connectivity index (χ1n) is 7.74. The number of anilines is 1. The first-order chi connectivity index (χ1) is 11.5. The number of nitrogens with one attached hydrogen (secondary N) is 2. The van der Waals surface area contributed by atoms with Gasteiger partial charge in [-0.05, 0) is 25.0 Å². The average Bonchev–Trinajstić information content (AvgIpc) is 3.08. The number of rotatable bonds is 5. The molecule has 0 unspecified atom stereocenters. The Balaban J connectivity index is 2.10. The molecule has 0 heterocycles. The van der Waals surface area contributed by atoms with E-state index in [9.17, 15) is 19.6 Å². The van der Waals surface area contributed by atoms with Crippen molar-refractivity contribution < 1.29 is 19.1 Å². The molecule has 1 atom stereocenters. The second-order valence-electron chi connectivity index (χ2n) is 5.61. The molecule has 126 valence electrons. The second-order valence-corrected chi connectivity index (χ2v) is 5.61. The smallest absolute Gasteiger partial charge is 0.411 e. The summed E-state index contributed by atoms with van der Waals surface area (Å²) in [6.45, 7) is 0. The van der Waals surface area contributed by atoms with E-state index in [1.165, 1.54) is 19.2 Å². The molecule has 0 saturated heterocycles. The Kier molecular flexibility index (Phi) is 5.90. The minimum atomic E-state index is -1.40. The standard InChI is InChI=1S/C17H19N3O4/c1-24-17(23)20-13-8-4-5-11(9-13)15(21)14(10-18)16(22)19-12-6-2-3-7-12/h4-5,8-9,12,14H,2-3,6-7H2,1H3,(H,19,22)(H,20,23)/t14-/m1/s1. The van der Waals surface area contributed by atoms with Crippen molar-refractivity contribution in [3.8, 4) is 6.07 Å². The molecule has 1 aliphatic carbocycles. The summed E-state index contributed by atoms with van der Waals surface area (Å²) >= 11 is 0. The molecule has 1 aromatic rings. The van der Waals surface area contributed by atoms with E-state index in [4.69, 9.17) is 0 Å². The number of methoxy groups -OCH3 is 1. The molecular weight excluding hydrogens is 310 g/mol. The summed E-state index contributed by atoms with van der Waals surface area (Å²) in [5, 5.41) is 14.4. The number of nitrogens with zero attached hydrogens (tertiary/aromatic N) is 1. The van der Waals surface area contributed by atoms with Gasteiger partial charge in [0, 0.05) is 17.3 Å². The maximum absolute atomic E-state index is 12.5. The first-order valence-corrected chi connectivity index (χ1v) is 7.74. The number of carbonyl (C=O) groups excluding carboxylic acids is 3. The van der Waals surface area contributed by atoms with Gasteiger partial charge in [0.2, 0.25) is 5.91 Å². The lowest BCUT2D eigenvalue weighted by Gasteiger charge is -2.15. The van der Waals surface area contributed by atoms with Gasteiger partial charge >= 0.3 is 6.09 Å². The van der Waals surface area contributed by atoms with Crippen molar-refractivity contribution in [2.75, 3.05) is 12.4 Å². The lowest BCUT2D eigenvalue weighted by Crippen LogP contribution is -2.39. The third-order valence-corrected chi connectivity index (χ3v) is 3.93. The van der Waals surface area contributed by atoms with Gasteiger partial charge in [-0.25, -0.2) is 4.79 Å². The lowest BCUT2D eigenvalue weighted by atomic mass is 9.97. The molecule has 2 N–H and O–H groups in total. The second kappa shape index (κ2) is 8.11. The fourth-order valence-electron chi connectivity index (χ4n) is 2.68. The molecule has 0 spiro atoms. The number of hydrogen-bond donors (Lipinski definition) is 2. The van der Waals surface area contributed by atoms with Crippen LogP contribution < -0.4 is 10.6 Å². The predicted molar refractivity (Wildman–Crippen MR) is 86.3 cm³/mol. The first kappa shape index (κ1) is 17.5. The SMILES string of the molecule is COC(=O)Nc1cccc(C(=O)[C@@H](C#N)C(=O)NC2CCCC2)c1. The fraction of sp³-hybridized carbons (Fsp3) is 0.412. The molecule has 2 amide bonds. The summed E-state index contributed by atoms with van der Waals surface area (Å²) < 4.78 is 4.48. The predicted octanol–water partition coefficient (Wildman–Crippen LogP) is 2.25. The van der Waals surface area contributed by atoms with Gasteiger partial charge in [-0.1, -0.05) is 25.0 Å². The van der Waals surface area contributed by atoms with E-state index in [2.05, 4.69) is 15.4 Å². The van der Waals surface area contributed by atoms with Crippen molar-refractivity contribution in [3.05, 3.63) is 29.8 Å². The Hall–Kier alpha value is -2.88. The van der Waals surface area contributed by atoms with Crippen LogP contribution >= 0.6 is 0 Å². The zero-order valence-corrected chi connectivity index (χ0v) is 13.4. The highest BCUT2D eigenvalue weighted by Gasteiger charge is 2.30. The number of benzene rings is 1. The van der Waals surface area contributed by atoms with Crippen molar-refractivity contribution in [2.24, 2.45) is 5.92 Å². The Morgan fingerprint density at radius 1 is 1.29 bits per heavy atom. The number of Topliss-reactive ketones (excluding diaryl/α,β-unsaturated/α-hetero) is 1. The number of hydrogen-bond acceptors (Lipinski definition) is 5. The summed E-state index contributed by atoms with van der Waals surface area (Å²) in [5.74, 6) is -2.57. The van der Waals surface area contributed by atoms with Gasteiger partial charge < -0.3 is 10.1 Å². The van der Waals surface area contributed by atoms with Crippen molar-refractivity contribution in [3.63, 3.8) is 0 Å². The summed E-state index contributed by atoms with van der Waals surface area (Å²) in [5.41, 5.74) is 0.526. The molecule has 0 radical (unpaired) electrons. The van der Waals surface area contributed by atoms with Crippen LogP contribution in [0.3, 0.4) is 0 Å². The number of carbonyl (C=O) groups is 3. The molecule has 0 aliphatic heterocycles. The molecule has 0 aromatic heterocycles. The molecule has 1 saturated carbocycles. The van der Waals surface area contributed by atoms with Crippen LogP contribution in [0, 0.1) is 17.2 Å². The highest BCUT2D eigenvalue weighted by Crippen LogP contribution is 2.19. The average molecular weight is 329 g/mol. The number of amides is 2. The normalized spacial score (nSPS) is 15.2. The maximum atomic E-state index is 12.5. The lowest BCUT2D eigenvalue weighted by molar-refractivity contribution is -0.122. The van der Waals surface area contributed by atoms with E-state index in [1.807, 2.05) is 0 Å². The van der Waals surface area contributed by atoms with Gasteiger partial charge in [0.1, 0.15) is 0 Å². The molecule has 24 heavy (non-hydrogen) atoms. The van der Waals surface area contributed by atoms with Crippen LogP contribution in [0.1, 0.15) is 36.0 Å². The van der Waals surface area contributed by atoms with E-state index in [-0.39, 0.29) is 11.6 Å². The monoisotopic (exact) mass is 329 g/mol. The van der Waals surface area contributed by atoms with Crippen LogP contribution in [0.15, 0.2) is 24.3 Å². The third kappa shape index (κ3) is 4.32. The molecule has 1 fully saturated rings. The van der Waals surface area contributed by atoms with Gasteiger partial charge in [0.05, 0.1) is 13.2 Å². The summed E-state index contributed by atoms with van der Waals surface area (Å²) in [6, 6.07) is 7.85. The topological polar surface area (TPSA) is 108 Å². The summed E-state index contributed by atoms with van der Waals surface area (Å²) in [7, 11) is 1.23. The zero-order valence-electron chi connectivity index (χ0n) is 13.4. The maximum Gasteiger partial charge on any atom is 0.411 e. The third-order valence-electron chi connectivity index (χ3n) is 3.93. The quantitative estimate of drug-likeness (QED) is 0.636. The van der Waals surface area contributed by atoms with Crippen molar-refractivity contribution >= 4 is 23.5 Å². The minimum absolute atomic E-state index is 0.0356. The van der Waals surface area contributed by atoms with Gasteiger partial charge in [-0.3, -0.25) is 14.9 Å². The largest absolute Gasteiger partial charge is 0.453 e. The van der Waals surface area contributed by atoms with Gasteiger partial charge in [0.25, 0.3) is 0 Å². The van der Waals surface area contributed by atoms with E-state index in [0.29, 0.717) is 5.69 Å². The van der Waals surface area contributed by atoms with Crippen molar-refractivity contribution in [1.29, 1.82) is 5.26 Å². The Labute approximate surface area is 140 Å². The zero-order chi connectivity index (χ0) is 17.5. The molecule has 7 heteroatoms. The van der Waals surface area contributed by atoms with E-state index >= 15 is 0 Å². The van der Waals surface area contributed by atoms with Gasteiger partial charge in [-0.2, -0.15) is 5.26 Å². The molecule has 2 rings (SSSR count). The van der Waals surface area contributed by atoms with Gasteiger partial charge in [0.15, 0.2) is 11.7 Å². The van der Waals surface area contributed by atoms with Crippen LogP contribution in [-0.2, 0) is 9.53 Å². The highest BCUT2D eigenvalue weighted by molar-refractivity contribution is 6.12. The van der Waals surface area contributed by atoms with Crippen LogP contribution in [0.4, 0.5) is 10.5 Å². The minimum Gasteiger partial charge on any atom is -0.453 e. The van der Waals surface area contributed by atoms with Crippen molar-refractivity contribution in [1.82, 2.24) is 5.32 Å².